The minimum Gasteiger partial charge on any atom is -0.506 e. The molecule has 0 fully saturated rings. The first kappa shape index (κ1) is 13.8. The van der Waals surface area contributed by atoms with Gasteiger partial charge in [-0.2, -0.15) is 5.10 Å². The average Bonchev–Trinajstić information content (AvgIpc) is 3.04. The van der Waals surface area contributed by atoms with Gasteiger partial charge in [0.2, 0.25) is 0 Å². The molecule has 0 saturated heterocycles. The van der Waals surface area contributed by atoms with E-state index in [4.69, 9.17) is 0 Å². The average molecular weight is 294 g/mol. The van der Waals surface area contributed by atoms with E-state index in [-0.39, 0.29) is 11.4 Å². The lowest BCUT2D eigenvalue weighted by atomic mass is 10.2. The Balaban J connectivity index is 1.85. The van der Waals surface area contributed by atoms with Crippen molar-refractivity contribution in [1.82, 2.24) is 15.2 Å². The molecule has 6 heteroatoms. The Hall–Kier alpha value is -3.15. The molecule has 0 aliphatic carbocycles. The fourth-order valence-corrected chi connectivity index (χ4v) is 2.04. The molecule has 3 aromatic rings. The van der Waals surface area contributed by atoms with Gasteiger partial charge in [-0.05, 0) is 42.8 Å². The molecule has 22 heavy (non-hydrogen) atoms. The number of carbonyl (C=O) groups is 1. The lowest BCUT2D eigenvalue weighted by Crippen LogP contribution is -2.14. The Kier molecular flexibility index (Phi) is 3.57. The maximum Gasteiger partial charge on any atom is 0.274 e. The van der Waals surface area contributed by atoms with Gasteiger partial charge in [-0.25, -0.2) is 4.98 Å². The number of pyridine rings is 1. The predicted molar refractivity (Wildman–Crippen MR) is 82.6 cm³/mol. The van der Waals surface area contributed by atoms with Gasteiger partial charge in [-0.1, -0.05) is 12.1 Å². The minimum absolute atomic E-state index is 0.0248. The number of anilines is 1. The van der Waals surface area contributed by atoms with Gasteiger partial charge in [0.1, 0.15) is 17.1 Å². The maximum atomic E-state index is 12.3. The zero-order valence-corrected chi connectivity index (χ0v) is 11.9. The van der Waals surface area contributed by atoms with Crippen LogP contribution in [0.1, 0.15) is 16.1 Å². The molecule has 0 saturated carbocycles. The van der Waals surface area contributed by atoms with E-state index in [2.05, 4.69) is 20.5 Å². The van der Waals surface area contributed by atoms with Gasteiger partial charge >= 0.3 is 0 Å². The predicted octanol–water partition coefficient (Wildman–Crippen LogP) is 2.74. The SMILES string of the molecule is Cc1ccc(NC(=O)c2cccc(-c3cc[nH]n3)n2)c(O)c1. The van der Waals surface area contributed by atoms with Crippen molar-refractivity contribution in [3.8, 4) is 17.1 Å². The third-order valence-corrected chi connectivity index (χ3v) is 3.15. The first-order chi connectivity index (χ1) is 10.6. The number of aromatic hydroxyl groups is 1. The topological polar surface area (TPSA) is 90.9 Å². The number of aromatic amines is 1. The molecule has 0 radical (unpaired) electrons. The molecule has 2 heterocycles. The summed E-state index contributed by atoms with van der Waals surface area (Å²) in [6.07, 6.45) is 1.69. The van der Waals surface area contributed by atoms with Gasteiger partial charge in [-0.3, -0.25) is 9.89 Å². The van der Waals surface area contributed by atoms with Gasteiger partial charge in [0, 0.05) is 6.20 Å². The van der Waals surface area contributed by atoms with Gasteiger partial charge in [0.05, 0.1) is 11.4 Å². The smallest absolute Gasteiger partial charge is 0.274 e. The van der Waals surface area contributed by atoms with E-state index in [1.165, 1.54) is 0 Å². The summed E-state index contributed by atoms with van der Waals surface area (Å²) in [6.45, 7) is 1.86. The number of rotatable bonds is 3. The number of carbonyl (C=O) groups excluding carboxylic acids is 1. The van der Waals surface area contributed by atoms with Crippen LogP contribution in [0.25, 0.3) is 11.4 Å². The fraction of sp³-hybridized carbons (Fsp3) is 0.0625. The third kappa shape index (κ3) is 2.80. The second-order valence-corrected chi connectivity index (χ2v) is 4.84. The van der Waals surface area contributed by atoms with Crippen LogP contribution < -0.4 is 5.32 Å². The number of aryl methyl sites for hydroxylation is 1. The number of benzene rings is 1. The monoisotopic (exact) mass is 294 g/mol. The second-order valence-electron chi connectivity index (χ2n) is 4.84. The highest BCUT2D eigenvalue weighted by Crippen LogP contribution is 2.24. The lowest BCUT2D eigenvalue weighted by molar-refractivity contribution is 0.102. The molecule has 1 aromatic carbocycles. The van der Waals surface area contributed by atoms with Crippen molar-refractivity contribution < 1.29 is 9.90 Å². The summed E-state index contributed by atoms with van der Waals surface area (Å²) < 4.78 is 0. The van der Waals surface area contributed by atoms with Crippen LogP contribution in [0.2, 0.25) is 0 Å². The summed E-state index contributed by atoms with van der Waals surface area (Å²) in [6, 6.07) is 11.9. The molecule has 1 amide bonds. The van der Waals surface area contributed by atoms with E-state index in [1.807, 2.05) is 13.0 Å². The van der Waals surface area contributed by atoms with Crippen molar-refractivity contribution in [2.45, 2.75) is 6.92 Å². The molecule has 0 unspecified atom stereocenters. The number of nitrogens with zero attached hydrogens (tertiary/aromatic N) is 2. The Morgan fingerprint density at radius 1 is 1.18 bits per heavy atom. The molecule has 6 nitrogen and oxygen atoms in total. The van der Waals surface area contributed by atoms with Crippen LogP contribution in [0.5, 0.6) is 5.75 Å². The van der Waals surface area contributed by atoms with E-state index in [0.29, 0.717) is 17.1 Å². The molecule has 3 rings (SSSR count). The summed E-state index contributed by atoms with van der Waals surface area (Å²) in [5, 5.41) is 19.2. The normalized spacial score (nSPS) is 10.4. The molecule has 2 aromatic heterocycles. The van der Waals surface area contributed by atoms with Crippen LogP contribution in [-0.2, 0) is 0 Å². The van der Waals surface area contributed by atoms with Gasteiger partial charge < -0.3 is 10.4 Å². The molecule has 0 aliphatic rings. The summed E-state index contributed by atoms with van der Waals surface area (Å²) in [5.74, 6) is -0.367. The third-order valence-electron chi connectivity index (χ3n) is 3.15. The minimum atomic E-state index is -0.392. The van der Waals surface area contributed by atoms with Crippen molar-refractivity contribution >= 4 is 11.6 Å². The van der Waals surface area contributed by atoms with Crippen molar-refractivity contribution in [2.75, 3.05) is 5.32 Å². The van der Waals surface area contributed by atoms with Crippen LogP contribution in [-0.4, -0.2) is 26.2 Å². The van der Waals surface area contributed by atoms with E-state index in [1.54, 1.807) is 42.6 Å². The Bertz CT molecular complexity index is 813. The van der Waals surface area contributed by atoms with Crippen LogP contribution >= 0.6 is 0 Å². The van der Waals surface area contributed by atoms with Gasteiger partial charge in [0.15, 0.2) is 0 Å². The van der Waals surface area contributed by atoms with E-state index >= 15 is 0 Å². The number of nitrogens with one attached hydrogen (secondary N) is 2. The van der Waals surface area contributed by atoms with Gasteiger partial charge in [-0.15, -0.1) is 0 Å². The zero-order valence-electron chi connectivity index (χ0n) is 11.9. The lowest BCUT2D eigenvalue weighted by Gasteiger charge is -2.08. The van der Waals surface area contributed by atoms with Crippen LogP contribution in [0.15, 0.2) is 48.7 Å². The molecule has 3 N–H and O–H groups in total. The second kappa shape index (κ2) is 5.69. The number of phenols is 1. The van der Waals surface area contributed by atoms with E-state index in [9.17, 15) is 9.90 Å². The van der Waals surface area contributed by atoms with Crippen LogP contribution in [0, 0.1) is 6.92 Å². The van der Waals surface area contributed by atoms with Crippen LogP contribution in [0.3, 0.4) is 0 Å². The first-order valence-corrected chi connectivity index (χ1v) is 6.71. The Morgan fingerprint density at radius 2 is 2.05 bits per heavy atom. The Morgan fingerprint density at radius 3 is 2.77 bits per heavy atom. The zero-order chi connectivity index (χ0) is 15.5. The van der Waals surface area contributed by atoms with Crippen molar-refractivity contribution in [1.29, 1.82) is 0 Å². The fourth-order valence-electron chi connectivity index (χ4n) is 2.04. The number of phenolic OH excluding ortho intramolecular Hbond substituents is 1. The summed E-state index contributed by atoms with van der Waals surface area (Å²) in [4.78, 5) is 16.5. The van der Waals surface area contributed by atoms with Crippen molar-refractivity contribution in [2.24, 2.45) is 0 Å². The molecular weight excluding hydrogens is 280 g/mol. The quantitative estimate of drug-likeness (QED) is 0.648. The number of amides is 1. The highest BCUT2D eigenvalue weighted by Gasteiger charge is 2.12. The Labute approximate surface area is 126 Å². The summed E-state index contributed by atoms with van der Waals surface area (Å²) in [5.41, 5.74) is 2.77. The highest BCUT2D eigenvalue weighted by molar-refractivity contribution is 6.03. The summed E-state index contributed by atoms with van der Waals surface area (Å²) in [7, 11) is 0. The molecule has 0 spiro atoms. The molecule has 0 bridgehead atoms. The molecule has 0 atom stereocenters. The number of hydrogen-bond acceptors (Lipinski definition) is 4. The molecule has 110 valence electrons. The largest absolute Gasteiger partial charge is 0.506 e. The van der Waals surface area contributed by atoms with Gasteiger partial charge in [0.25, 0.3) is 5.91 Å². The van der Waals surface area contributed by atoms with E-state index < -0.39 is 5.91 Å². The number of aromatic nitrogens is 3. The standard InChI is InChI=1S/C16H14N4O2/c1-10-5-6-13(15(21)9-10)19-16(22)14-4-2-3-11(18-14)12-7-8-17-20-12/h2-9,21H,1H3,(H,17,20)(H,19,22). The van der Waals surface area contributed by atoms with E-state index in [0.717, 1.165) is 5.56 Å². The molecule has 0 aliphatic heterocycles. The van der Waals surface area contributed by atoms with Crippen molar-refractivity contribution in [3.05, 3.63) is 59.9 Å². The number of hydrogen-bond donors (Lipinski definition) is 3. The maximum absolute atomic E-state index is 12.3. The number of H-pyrrole nitrogens is 1. The summed E-state index contributed by atoms with van der Waals surface area (Å²) >= 11 is 0. The molecular formula is C16H14N4O2. The highest BCUT2D eigenvalue weighted by atomic mass is 16.3. The first-order valence-electron chi connectivity index (χ1n) is 6.71. The van der Waals surface area contributed by atoms with Crippen LogP contribution in [0.4, 0.5) is 5.69 Å². The van der Waals surface area contributed by atoms with Crippen molar-refractivity contribution in [3.63, 3.8) is 0 Å².